The lowest BCUT2D eigenvalue weighted by molar-refractivity contribution is 0.0447. The van der Waals surface area contributed by atoms with Gasteiger partial charge >= 0.3 is 0 Å². The van der Waals surface area contributed by atoms with Gasteiger partial charge in [0.25, 0.3) is 5.91 Å². The van der Waals surface area contributed by atoms with E-state index >= 15 is 0 Å². The van der Waals surface area contributed by atoms with Crippen molar-refractivity contribution >= 4 is 18.5 Å². The van der Waals surface area contributed by atoms with Crippen molar-refractivity contribution in [2.75, 3.05) is 31.9 Å². The fourth-order valence-electron chi connectivity index (χ4n) is 3.54. The first-order valence-corrected chi connectivity index (χ1v) is 10.1. The van der Waals surface area contributed by atoms with Crippen molar-refractivity contribution in [1.29, 1.82) is 0 Å². The van der Waals surface area contributed by atoms with Crippen molar-refractivity contribution < 1.29 is 4.79 Å². The molecule has 0 aliphatic carbocycles. The highest BCUT2D eigenvalue weighted by molar-refractivity contribution is 7.80. The number of hydrogen-bond donors (Lipinski definition) is 2. The van der Waals surface area contributed by atoms with Gasteiger partial charge in [0.1, 0.15) is 0 Å². The number of rotatable bonds is 7. The Hall–Kier alpha value is -1.04. The van der Waals surface area contributed by atoms with Gasteiger partial charge in [-0.15, -0.1) is 0 Å². The second-order valence-corrected chi connectivity index (χ2v) is 7.60. The maximum absolute atomic E-state index is 13.0. The molecule has 0 radical (unpaired) electrons. The number of nitrogens with zero attached hydrogens (tertiary/aromatic N) is 2. The number of carbonyl (C=O) groups excluding carboxylic acids is 1. The molecule has 1 aliphatic heterocycles. The molecule has 1 aromatic carbocycles. The van der Waals surface area contributed by atoms with Gasteiger partial charge in [-0.25, -0.2) is 0 Å². The highest BCUT2D eigenvalue weighted by Gasteiger charge is 2.30. The van der Waals surface area contributed by atoms with Crippen LogP contribution in [0.2, 0.25) is 0 Å². The maximum Gasteiger partial charge on any atom is 0.254 e. The largest absolute Gasteiger partial charge is 0.336 e. The molecule has 2 atom stereocenters. The van der Waals surface area contributed by atoms with E-state index in [0.717, 1.165) is 43.7 Å². The Morgan fingerprint density at radius 2 is 2.12 bits per heavy atom. The SMILES string of the molecule is CCCC[C@H]1CN(C(=O)c2cccc(C)c2C)CCN1C[C@H](N)CS. The summed E-state index contributed by atoms with van der Waals surface area (Å²) in [5.74, 6) is 0.864. The van der Waals surface area contributed by atoms with Crippen molar-refractivity contribution in [2.24, 2.45) is 5.73 Å². The van der Waals surface area contributed by atoms with Gasteiger partial charge in [-0.2, -0.15) is 12.6 Å². The quantitative estimate of drug-likeness (QED) is 0.733. The smallest absolute Gasteiger partial charge is 0.254 e. The molecule has 2 N–H and O–H groups in total. The number of aryl methyl sites for hydroxylation is 1. The molecular weight excluding hydrogens is 330 g/mol. The molecule has 4 nitrogen and oxygen atoms in total. The Labute approximate surface area is 158 Å². The normalized spacial score (nSPS) is 19.9. The number of piperazine rings is 1. The van der Waals surface area contributed by atoms with Gasteiger partial charge in [0, 0.05) is 49.6 Å². The molecule has 1 amide bonds. The molecule has 1 aromatic rings. The predicted octanol–water partition coefficient (Wildman–Crippen LogP) is 2.88. The maximum atomic E-state index is 13.0. The van der Waals surface area contributed by atoms with E-state index in [1.165, 1.54) is 18.4 Å². The zero-order valence-corrected chi connectivity index (χ0v) is 16.8. The van der Waals surface area contributed by atoms with E-state index in [1.54, 1.807) is 0 Å². The first-order valence-electron chi connectivity index (χ1n) is 9.43. The summed E-state index contributed by atoms with van der Waals surface area (Å²) in [6, 6.07) is 6.48. The molecule has 5 heteroatoms. The molecule has 0 spiro atoms. The van der Waals surface area contributed by atoms with Crippen LogP contribution >= 0.6 is 12.6 Å². The van der Waals surface area contributed by atoms with Crippen LogP contribution in [0.15, 0.2) is 18.2 Å². The minimum absolute atomic E-state index is 0.0914. The number of benzene rings is 1. The summed E-state index contributed by atoms with van der Waals surface area (Å²) in [6.45, 7) is 9.65. The molecule has 1 heterocycles. The minimum Gasteiger partial charge on any atom is -0.336 e. The highest BCUT2D eigenvalue weighted by Crippen LogP contribution is 2.20. The fraction of sp³-hybridized carbons (Fsp3) is 0.650. The molecule has 0 aromatic heterocycles. The molecule has 140 valence electrons. The summed E-state index contributed by atoms with van der Waals surface area (Å²) in [7, 11) is 0. The number of nitrogens with two attached hydrogens (primary N) is 1. The van der Waals surface area contributed by atoms with Crippen LogP contribution in [0.1, 0.15) is 47.7 Å². The highest BCUT2D eigenvalue weighted by atomic mass is 32.1. The lowest BCUT2D eigenvalue weighted by atomic mass is 10.00. The van der Waals surface area contributed by atoms with Gasteiger partial charge in [-0.3, -0.25) is 9.69 Å². The summed E-state index contributed by atoms with van der Waals surface area (Å²) < 4.78 is 0. The van der Waals surface area contributed by atoms with Crippen molar-refractivity contribution in [3.05, 3.63) is 34.9 Å². The minimum atomic E-state index is 0.0914. The average molecular weight is 364 g/mol. The standard InChI is InChI=1S/C20H33N3OS/c1-4-5-8-18-13-23(11-10-22(18)12-17(21)14-25)20(24)19-9-6-7-15(2)16(19)3/h6-7,9,17-18,25H,4-5,8,10-14,21H2,1-3H3/t17-,18-/m0/s1. The number of amides is 1. The van der Waals surface area contributed by atoms with Gasteiger partial charge < -0.3 is 10.6 Å². The fourth-order valence-corrected chi connectivity index (χ4v) is 3.66. The third-order valence-corrected chi connectivity index (χ3v) is 5.79. The van der Waals surface area contributed by atoms with Crippen molar-refractivity contribution in [2.45, 2.75) is 52.1 Å². The van der Waals surface area contributed by atoms with E-state index < -0.39 is 0 Å². The zero-order chi connectivity index (χ0) is 18.4. The third kappa shape index (κ3) is 5.22. The number of unbranched alkanes of at least 4 members (excludes halogenated alkanes) is 1. The molecule has 1 aliphatic rings. The molecule has 25 heavy (non-hydrogen) atoms. The summed E-state index contributed by atoms with van der Waals surface area (Å²) in [6.07, 6.45) is 3.48. The zero-order valence-electron chi connectivity index (χ0n) is 15.9. The Morgan fingerprint density at radius 1 is 1.36 bits per heavy atom. The van der Waals surface area contributed by atoms with E-state index in [0.29, 0.717) is 11.8 Å². The second-order valence-electron chi connectivity index (χ2n) is 7.23. The third-order valence-electron chi connectivity index (χ3n) is 5.32. The molecule has 1 saturated heterocycles. The van der Waals surface area contributed by atoms with Crippen LogP contribution < -0.4 is 5.73 Å². The lowest BCUT2D eigenvalue weighted by Gasteiger charge is -2.42. The molecule has 0 saturated carbocycles. The molecule has 2 rings (SSSR count). The van der Waals surface area contributed by atoms with E-state index in [2.05, 4.69) is 37.4 Å². The van der Waals surface area contributed by atoms with E-state index in [4.69, 9.17) is 5.73 Å². The first-order chi connectivity index (χ1) is 12.0. The van der Waals surface area contributed by atoms with E-state index in [9.17, 15) is 4.79 Å². The molecule has 0 bridgehead atoms. The van der Waals surface area contributed by atoms with Crippen LogP contribution in [0.25, 0.3) is 0 Å². The van der Waals surface area contributed by atoms with Crippen LogP contribution in [0.3, 0.4) is 0 Å². The van der Waals surface area contributed by atoms with Gasteiger partial charge in [0.2, 0.25) is 0 Å². The first kappa shape index (κ1) is 20.3. The molecular formula is C20H33N3OS. The van der Waals surface area contributed by atoms with Crippen LogP contribution in [-0.2, 0) is 0 Å². The summed E-state index contributed by atoms with van der Waals surface area (Å²) in [5, 5.41) is 0. The van der Waals surface area contributed by atoms with Gasteiger partial charge in [-0.1, -0.05) is 31.9 Å². The Kier molecular flexibility index (Phi) is 7.79. The summed E-state index contributed by atoms with van der Waals surface area (Å²) >= 11 is 4.32. The van der Waals surface area contributed by atoms with Gasteiger partial charge in [0.05, 0.1) is 0 Å². The van der Waals surface area contributed by atoms with Crippen molar-refractivity contribution in [1.82, 2.24) is 9.80 Å². The van der Waals surface area contributed by atoms with Crippen molar-refractivity contribution in [3.8, 4) is 0 Å². The van der Waals surface area contributed by atoms with Gasteiger partial charge in [-0.05, 0) is 37.5 Å². The second kappa shape index (κ2) is 9.60. The summed E-state index contributed by atoms with van der Waals surface area (Å²) in [5.41, 5.74) is 9.23. The Bertz CT molecular complexity index is 578. The molecule has 1 fully saturated rings. The van der Waals surface area contributed by atoms with Crippen LogP contribution in [-0.4, -0.2) is 59.7 Å². The van der Waals surface area contributed by atoms with E-state index in [1.807, 2.05) is 24.0 Å². The summed E-state index contributed by atoms with van der Waals surface area (Å²) in [4.78, 5) is 17.5. The van der Waals surface area contributed by atoms with Crippen LogP contribution in [0, 0.1) is 13.8 Å². The predicted molar refractivity (Wildman–Crippen MR) is 109 cm³/mol. The Morgan fingerprint density at radius 3 is 2.80 bits per heavy atom. The molecule has 0 unspecified atom stereocenters. The average Bonchev–Trinajstić information content (AvgIpc) is 2.62. The lowest BCUT2D eigenvalue weighted by Crippen LogP contribution is -2.57. The number of thiol groups is 1. The monoisotopic (exact) mass is 363 g/mol. The number of carbonyl (C=O) groups is 1. The van der Waals surface area contributed by atoms with Gasteiger partial charge in [0.15, 0.2) is 0 Å². The van der Waals surface area contributed by atoms with Crippen LogP contribution in [0.5, 0.6) is 0 Å². The van der Waals surface area contributed by atoms with Crippen LogP contribution in [0.4, 0.5) is 0 Å². The topological polar surface area (TPSA) is 49.6 Å². The number of hydrogen-bond acceptors (Lipinski definition) is 4. The van der Waals surface area contributed by atoms with E-state index in [-0.39, 0.29) is 11.9 Å². The van der Waals surface area contributed by atoms with Crippen molar-refractivity contribution in [3.63, 3.8) is 0 Å². The Balaban J connectivity index is 2.10.